The molecule has 1 spiro atoms. The summed E-state index contributed by atoms with van der Waals surface area (Å²) in [4.78, 5) is 38.5. The van der Waals surface area contributed by atoms with Gasteiger partial charge in [-0.2, -0.15) is 0 Å². The summed E-state index contributed by atoms with van der Waals surface area (Å²) in [5.74, 6) is 1.00. The predicted molar refractivity (Wildman–Crippen MR) is 139 cm³/mol. The Morgan fingerprint density at radius 3 is 2.68 bits per heavy atom. The Balaban J connectivity index is 1.34. The number of rotatable bonds is 7. The number of hydrogen-bond donors (Lipinski definition) is 4. The predicted octanol–water partition coefficient (Wildman–Crippen LogP) is 1.96. The van der Waals surface area contributed by atoms with Crippen LogP contribution in [0.5, 0.6) is 11.5 Å². The van der Waals surface area contributed by atoms with Crippen molar-refractivity contribution < 1.29 is 33.7 Å². The highest BCUT2D eigenvalue weighted by Crippen LogP contribution is 2.55. The smallest absolute Gasteiger partial charge is 0.408 e. The molecule has 38 heavy (non-hydrogen) atoms. The van der Waals surface area contributed by atoms with Gasteiger partial charge in [-0.25, -0.2) is 9.59 Å². The Labute approximate surface area is 222 Å². The largest absolute Gasteiger partial charge is 0.490 e. The first-order valence-corrected chi connectivity index (χ1v) is 13.1. The zero-order valence-electron chi connectivity index (χ0n) is 22.5. The van der Waals surface area contributed by atoms with Crippen molar-refractivity contribution in [3.8, 4) is 11.5 Å². The van der Waals surface area contributed by atoms with E-state index in [2.05, 4.69) is 16.0 Å². The molecule has 3 atom stereocenters. The fourth-order valence-electron chi connectivity index (χ4n) is 5.23. The number of urea groups is 1. The van der Waals surface area contributed by atoms with Crippen LogP contribution in [-0.4, -0.2) is 78.6 Å². The van der Waals surface area contributed by atoms with Gasteiger partial charge in [0, 0.05) is 38.2 Å². The first-order valence-electron chi connectivity index (χ1n) is 13.1. The lowest BCUT2D eigenvalue weighted by Gasteiger charge is -2.35. The van der Waals surface area contributed by atoms with E-state index in [9.17, 15) is 19.5 Å². The van der Waals surface area contributed by atoms with Crippen LogP contribution in [0.1, 0.15) is 51.7 Å². The fraction of sp³-hybridized carbons (Fsp3) is 0.593. The minimum atomic E-state index is -0.667. The third-order valence-corrected chi connectivity index (χ3v) is 6.84. The molecule has 2 heterocycles. The van der Waals surface area contributed by atoms with Crippen molar-refractivity contribution >= 4 is 18.0 Å². The van der Waals surface area contributed by atoms with Gasteiger partial charge >= 0.3 is 12.1 Å². The standard InChI is InChI=1S/C27H38N4O7/c1-5-36-19-7-6-17-16-31(13-10-27-9-8-18(32)14-20(27)37-23(19)22(17)27)24(34)29-12-11-28-21(33)15-30-25(35)38-26(2,3)4/h6-9,18,20,32H,5,10-16H2,1-4H3,(H,28,33)(H,29,34)(H,30,35)/t18-,20-,27-/m0/s1. The maximum Gasteiger partial charge on any atom is 0.408 e. The van der Waals surface area contributed by atoms with E-state index in [1.54, 1.807) is 25.7 Å². The van der Waals surface area contributed by atoms with Crippen molar-refractivity contribution in [1.82, 2.24) is 20.9 Å². The zero-order valence-corrected chi connectivity index (χ0v) is 22.5. The van der Waals surface area contributed by atoms with Crippen molar-refractivity contribution in [2.24, 2.45) is 0 Å². The highest BCUT2D eigenvalue weighted by Gasteiger charge is 2.53. The Kier molecular flexibility index (Phi) is 8.05. The van der Waals surface area contributed by atoms with E-state index in [1.807, 2.05) is 31.2 Å². The maximum absolute atomic E-state index is 13.1. The second-order valence-corrected chi connectivity index (χ2v) is 10.8. The van der Waals surface area contributed by atoms with Gasteiger partial charge in [-0.1, -0.05) is 18.2 Å². The van der Waals surface area contributed by atoms with Crippen LogP contribution in [0.3, 0.4) is 0 Å². The minimum absolute atomic E-state index is 0.216. The van der Waals surface area contributed by atoms with Gasteiger partial charge in [-0.15, -0.1) is 0 Å². The van der Waals surface area contributed by atoms with Crippen LogP contribution in [0.25, 0.3) is 0 Å². The van der Waals surface area contributed by atoms with Gasteiger partial charge in [-0.3, -0.25) is 4.79 Å². The summed E-state index contributed by atoms with van der Waals surface area (Å²) in [6.45, 7) is 8.78. The number of hydrogen-bond acceptors (Lipinski definition) is 7. The number of aliphatic hydroxyl groups is 1. The van der Waals surface area contributed by atoms with Crippen molar-refractivity contribution in [2.75, 3.05) is 32.8 Å². The SMILES string of the molecule is CCOc1ccc2c3c1O[C@H]1C[C@@H](O)C=C[C@@]31CCN(C(=O)NCCNC(=O)CNC(=O)OC(C)(C)C)C2. The Morgan fingerprint density at radius 2 is 1.95 bits per heavy atom. The molecule has 4 N–H and O–H groups in total. The van der Waals surface area contributed by atoms with Crippen molar-refractivity contribution in [3.05, 3.63) is 35.4 Å². The van der Waals surface area contributed by atoms with E-state index in [4.69, 9.17) is 14.2 Å². The number of carbonyl (C=O) groups excluding carboxylic acids is 3. The first-order chi connectivity index (χ1) is 18.0. The quantitative estimate of drug-likeness (QED) is 0.312. The highest BCUT2D eigenvalue weighted by molar-refractivity contribution is 5.82. The number of nitrogens with zero attached hydrogens (tertiary/aromatic N) is 1. The molecule has 1 aromatic carbocycles. The van der Waals surface area contributed by atoms with Gasteiger partial charge in [-0.05, 0) is 45.7 Å². The van der Waals surface area contributed by atoms with Gasteiger partial charge < -0.3 is 40.2 Å². The number of amides is 4. The van der Waals surface area contributed by atoms with Crippen LogP contribution in [0.2, 0.25) is 0 Å². The third-order valence-electron chi connectivity index (χ3n) is 6.84. The van der Waals surface area contributed by atoms with Gasteiger partial charge in [0.15, 0.2) is 11.5 Å². The molecule has 3 aliphatic rings. The van der Waals surface area contributed by atoms with Gasteiger partial charge in [0.25, 0.3) is 0 Å². The number of benzene rings is 1. The molecule has 1 aromatic rings. The summed E-state index contributed by atoms with van der Waals surface area (Å²) in [6.07, 6.45) is 3.52. The molecule has 11 heteroatoms. The van der Waals surface area contributed by atoms with Gasteiger partial charge in [0.2, 0.25) is 5.91 Å². The molecule has 0 fully saturated rings. The van der Waals surface area contributed by atoms with Crippen LogP contribution >= 0.6 is 0 Å². The molecule has 0 unspecified atom stereocenters. The molecule has 11 nitrogen and oxygen atoms in total. The second kappa shape index (κ2) is 11.1. The maximum atomic E-state index is 13.1. The highest BCUT2D eigenvalue weighted by atomic mass is 16.6. The molecule has 0 bridgehead atoms. The number of alkyl carbamates (subject to hydrolysis) is 1. The van der Waals surface area contributed by atoms with Gasteiger partial charge in [0.1, 0.15) is 11.7 Å². The van der Waals surface area contributed by atoms with Crippen LogP contribution < -0.4 is 25.4 Å². The lowest BCUT2D eigenvalue weighted by atomic mass is 9.69. The van der Waals surface area contributed by atoms with Crippen molar-refractivity contribution in [1.29, 1.82) is 0 Å². The molecule has 208 valence electrons. The zero-order chi connectivity index (χ0) is 27.5. The summed E-state index contributed by atoms with van der Waals surface area (Å²) in [5, 5.41) is 18.2. The molecular weight excluding hydrogens is 492 g/mol. The summed E-state index contributed by atoms with van der Waals surface area (Å²) >= 11 is 0. The number of aliphatic hydroxyl groups excluding tert-OH is 1. The minimum Gasteiger partial charge on any atom is -0.490 e. The average molecular weight is 531 g/mol. The lowest BCUT2D eigenvalue weighted by Crippen LogP contribution is -2.46. The van der Waals surface area contributed by atoms with E-state index in [0.717, 1.165) is 11.1 Å². The van der Waals surface area contributed by atoms with Crippen LogP contribution in [-0.2, 0) is 21.5 Å². The lowest BCUT2D eigenvalue weighted by molar-refractivity contribution is -0.120. The van der Waals surface area contributed by atoms with Crippen molar-refractivity contribution in [3.63, 3.8) is 0 Å². The van der Waals surface area contributed by atoms with Crippen LogP contribution in [0.15, 0.2) is 24.3 Å². The molecular formula is C27H38N4O7. The molecule has 0 aromatic heterocycles. The van der Waals surface area contributed by atoms with Crippen LogP contribution in [0, 0.1) is 0 Å². The molecule has 1 aliphatic carbocycles. The normalized spacial score (nSPS) is 23.3. The summed E-state index contributed by atoms with van der Waals surface area (Å²) in [5.41, 5.74) is 0.950. The summed E-state index contributed by atoms with van der Waals surface area (Å²) in [6, 6.07) is 3.63. The van der Waals surface area contributed by atoms with Crippen molar-refractivity contribution in [2.45, 2.75) is 70.3 Å². The first kappa shape index (κ1) is 27.6. The molecule has 0 saturated carbocycles. The topological polar surface area (TPSA) is 138 Å². The molecule has 0 saturated heterocycles. The van der Waals surface area contributed by atoms with E-state index in [-0.39, 0.29) is 37.7 Å². The average Bonchev–Trinajstić information content (AvgIpc) is 3.08. The van der Waals surface area contributed by atoms with E-state index >= 15 is 0 Å². The number of ether oxygens (including phenoxy) is 3. The van der Waals surface area contributed by atoms with E-state index in [1.165, 1.54) is 0 Å². The van der Waals surface area contributed by atoms with Crippen LogP contribution in [0.4, 0.5) is 9.59 Å². The van der Waals surface area contributed by atoms with Gasteiger partial charge in [0.05, 0.1) is 24.7 Å². The third kappa shape index (κ3) is 5.98. The molecule has 0 radical (unpaired) electrons. The number of nitrogens with one attached hydrogen (secondary N) is 3. The molecule has 4 amide bonds. The van der Waals surface area contributed by atoms with E-state index in [0.29, 0.717) is 44.0 Å². The number of carbonyl (C=O) groups is 3. The summed E-state index contributed by atoms with van der Waals surface area (Å²) < 4.78 is 17.3. The Bertz CT molecular complexity index is 1100. The second-order valence-electron chi connectivity index (χ2n) is 10.8. The van der Waals surface area contributed by atoms with E-state index < -0.39 is 23.2 Å². The molecule has 2 aliphatic heterocycles. The fourth-order valence-corrected chi connectivity index (χ4v) is 5.23. The molecule has 4 rings (SSSR count). The monoisotopic (exact) mass is 530 g/mol. The Morgan fingerprint density at radius 1 is 1.18 bits per heavy atom. The Hall–Kier alpha value is -3.47. The summed E-state index contributed by atoms with van der Waals surface area (Å²) in [7, 11) is 0.